The highest BCUT2D eigenvalue weighted by molar-refractivity contribution is 5.80. The van der Waals surface area contributed by atoms with E-state index >= 15 is 0 Å². The van der Waals surface area contributed by atoms with Crippen molar-refractivity contribution in [1.29, 1.82) is 0 Å². The van der Waals surface area contributed by atoms with Gasteiger partial charge in [0.2, 0.25) is 5.82 Å². The first-order valence-corrected chi connectivity index (χ1v) is 10.2. The molecule has 0 saturated carbocycles. The second-order valence-electron chi connectivity index (χ2n) is 7.15. The van der Waals surface area contributed by atoms with E-state index in [1.165, 1.54) is 0 Å². The minimum atomic E-state index is -0.486. The molecule has 0 fully saturated rings. The normalized spacial score (nSPS) is 12.4. The number of H-pyrrole nitrogens is 1. The van der Waals surface area contributed by atoms with Crippen molar-refractivity contribution < 1.29 is 10.2 Å². The van der Waals surface area contributed by atoms with Crippen LogP contribution in [0.3, 0.4) is 0 Å². The van der Waals surface area contributed by atoms with Gasteiger partial charge in [-0.25, -0.2) is 0 Å². The van der Waals surface area contributed by atoms with E-state index in [2.05, 4.69) is 51.8 Å². The summed E-state index contributed by atoms with van der Waals surface area (Å²) in [5.74, 6) is 0.568. The van der Waals surface area contributed by atoms with Crippen molar-refractivity contribution in [3.8, 4) is 22.5 Å². The van der Waals surface area contributed by atoms with Crippen LogP contribution in [0.4, 0.5) is 0 Å². The molecule has 0 saturated heterocycles. The third kappa shape index (κ3) is 5.69. The molecule has 3 aromatic rings. The molecule has 0 bridgehead atoms. The molecule has 0 spiro atoms. The Labute approximate surface area is 171 Å². The number of unbranched alkanes of at least 4 members (excludes halogenated alkanes) is 1. The molecule has 0 radical (unpaired) electrons. The van der Waals surface area contributed by atoms with Gasteiger partial charge in [-0.1, -0.05) is 61.9 Å². The SMILES string of the molecule is CCCCC(O)N(CCCO)Cc1ccc(-c2ccccc2-c2nn[nH]n2)cc1. The van der Waals surface area contributed by atoms with Crippen LogP contribution in [0.25, 0.3) is 22.5 Å². The van der Waals surface area contributed by atoms with Crippen LogP contribution in [-0.2, 0) is 6.54 Å². The van der Waals surface area contributed by atoms with Crippen LogP contribution in [0.2, 0.25) is 0 Å². The number of aromatic nitrogens is 4. The van der Waals surface area contributed by atoms with Crippen LogP contribution < -0.4 is 0 Å². The topological polar surface area (TPSA) is 98.2 Å². The first kappa shape index (κ1) is 21.1. The fourth-order valence-electron chi connectivity index (χ4n) is 3.41. The standard InChI is InChI=1S/C22H29N5O2/c1-2-3-9-21(29)27(14-6-15-28)16-17-10-12-18(13-11-17)19-7-4-5-8-20(19)22-23-25-26-24-22/h4-5,7-8,10-13,21,28-29H,2-3,6,9,14-16H2,1H3,(H,23,24,25,26). The molecule has 1 aromatic heterocycles. The number of aliphatic hydroxyl groups excluding tert-OH is 2. The third-order valence-electron chi connectivity index (χ3n) is 5.00. The van der Waals surface area contributed by atoms with Gasteiger partial charge in [0, 0.05) is 25.3 Å². The highest BCUT2D eigenvalue weighted by atomic mass is 16.3. The van der Waals surface area contributed by atoms with Crippen LogP contribution in [0, 0.1) is 0 Å². The van der Waals surface area contributed by atoms with Crippen LogP contribution in [0.5, 0.6) is 0 Å². The van der Waals surface area contributed by atoms with Crippen LogP contribution in [0.15, 0.2) is 48.5 Å². The summed E-state index contributed by atoms with van der Waals surface area (Å²) in [7, 11) is 0. The van der Waals surface area contributed by atoms with Crippen molar-refractivity contribution in [3.63, 3.8) is 0 Å². The Hall–Kier alpha value is -2.61. The lowest BCUT2D eigenvalue weighted by molar-refractivity contribution is -0.0124. The molecule has 7 heteroatoms. The molecule has 0 aliphatic heterocycles. The molecule has 1 atom stereocenters. The van der Waals surface area contributed by atoms with E-state index in [4.69, 9.17) is 0 Å². The van der Waals surface area contributed by atoms with Gasteiger partial charge in [0.05, 0.1) is 0 Å². The van der Waals surface area contributed by atoms with Crippen molar-refractivity contribution in [2.24, 2.45) is 0 Å². The van der Waals surface area contributed by atoms with Crippen molar-refractivity contribution >= 4 is 0 Å². The molecular formula is C22H29N5O2. The number of benzene rings is 2. The highest BCUT2D eigenvalue weighted by Gasteiger charge is 2.16. The zero-order chi connectivity index (χ0) is 20.5. The number of hydrogen-bond donors (Lipinski definition) is 3. The lowest BCUT2D eigenvalue weighted by atomic mass is 9.98. The quantitative estimate of drug-likeness (QED) is 0.431. The summed E-state index contributed by atoms with van der Waals surface area (Å²) in [4.78, 5) is 2.04. The minimum Gasteiger partial charge on any atom is -0.396 e. The maximum Gasteiger partial charge on any atom is 0.205 e. The van der Waals surface area contributed by atoms with Gasteiger partial charge in [-0.2, -0.15) is 5.21 Å². The Bertz CT molecular complexity index is 852. The van der Waals surface area contributed by atoms with E-state index in [0.29, 0.717) is 25.3 Å². The average molecular weight is 396 g/mol. The smallest absolute Gasteiger partial charge is 0.205 e. The van der Waals surface area contributed by atoms with Gasteiger partial charge in [-0.3, -0.25) is 4.90 Å². The van der Waals surface area contributed by atoms with Crippen molar-refractivity contribution in [2.75, 3.05) is 13.2 Å². The van der Waals surface area contributed by atoms with Gasteiger partial charge in [-0.15, -0.1) is 10.2 Å². The van der Waals surface area contributed by atoms with Crippen molar-refractivity contribution in [2.45, 2.75) is 45.4 Å². The summed E-state index contributed by atoms with van der Waals surface area (Å²) < 4.78 is 0. The summed E-state index contributed by atoms with van der Waals surface area (Å²) in [6.45, 7) is 3.57. The van der Waals surface area contributed by atoms with Gasteiger partial charge < -0.3 is 10.2 Å². The number of tetrazole rings is 1. The maximum atomic E-state index is 10.5. The Morgan fingerprint density at radius 3 is 2.45 bits per heavy atom. The Balaban J connectivity index is 1.76. The van der Waals surface area contributed by atoms with Crippen LogP contribution in [-0.4, -0.2) is 55.1 Å². The second-order valence-corrected chi connectivity index (χ2v) is 7.15. The largest absolute Gasteiger partial charge is 0.396 e. The Morgan fingerprint density at radius 1 is 1.03 bits per heavy atom. The number of nitrogens with one attached hydrogen (secondary N) is 1. The summed E-state index contributed by atoms with van der Waals surface area (Å²) in [5.41, 5.74) is 4.16. The number of hydrogen-bond acceptors (Lipinski definition) is 6. The summed E-state index contributed by atoms with van der Waals surface area (Å²) >= 11 is 0. The fraction of sp³-hybridized carbons (Fsp3) is 0.409. The van der Waals surface area contributed by atoms with Crippen LogP contribution >= 0.6 is 0 Å². The van der Waals surface area contributed by atoms with Gasteiger partial charge in [0.15, 0.2) is 0 Å². The first-order chi connectivity index (χ1) is 14.2. The lowest BCUT2D eigenvalue weighted by Crippen LogP contribution is -2.35. The summed E-state index contributed by atoms with van der Waals surface area (Å²) in [6.07, 6.45) is 2.96. The summed E-state index contributed by atoms with van der Waals surface area (Å²) in [5, 5.41) is 34.1. The molecule has 1 unspecified atom stereocenters. The number of aliphatic hydroxyl groups is 2. The monoisotopic (exact) mass is 395 g/mol. The molecule has 3 N–H and O–H groups in total. The van der Waals surface area contributed by atoms with E-state index in [1.807, 2.05) is 29.2 Å². The minimum absolute atomic E-state index is 0.128. The molecule has 2 aromatic carbocycles. The number of rotatable bonds is 11. The number of aromatic amines is 1. The molecule has 1 heterocycles. The van der Waals surface area contributed by atoms with Crippen LogP contribution in [0.1, 0.15) is 38.2 Å². The molecular weight excluding hydrogens is 366 g/mol. The predicted octanol–water partition coefficient (Wildman–Crippen LogP) is 3.23. The molecule has 7 nitrogen and oxygen atoms in total. The molecule has 29 heavy (non-hydrogen) atoms. The van der Waals surface area contributed by atoms with E-state index in [-0.39, 0.29) is 6.61 Å². The molecule has 0 aliphatic rings. The van der Waals surface area contributed by atoms with E-state index in [0.717, 1.165) is 41.5 Å². The zero-order valence-corrected chi connectivity index (χ0v) is 16.8. The van der Waals surface area contributed by atoms with Gasteiger partial charge in [0.1, 0.15) is 6.23 Å². The van der Waals surface area contributed by atoms with Gasteiger partial charge in [-0.05, 0) is 41.2 Å². The second kappa shape index (κ2) is 10.8. The lowest BCUT2D eigenvalue weighted by Gasteiger charge is -2.28. The third-order valence-corrected chi connectivity index (χ3v) is 5.00. The average Bonchev–Trinajstić information content (AvgIpc) is 3.30. The molecule has 3 rings (SSSR count). The number of nitrogens with zero attached hydrogens (tertiary/aromatic N) is 4. The van der Waals surface area contributed by atoms with Gasteiger partial charge >= 0.3 is 0 Å². The predicted molar refractivity (Wildman–Crippen MR) is 113 cm³/mol. The molecule has 154 valence electrons. The van der Waals surface area contributed by atoms with E-state index < -0.39 is 6.23 Å². The fourth-order valence-corrected chi connectivity index (χ4v) is 3.41. The maximum absolute atomic E-state index is 10.5. The van der Waals surface area contributed by atoms with E-state index in [9.17, 15) is 10.2 Å². The first-order valence-electron chi connectivity index (χ1n) is 10.2. The van der Waals surface area contributed by atoms with Crippen molar-refractivity contribution in [3.05, 3.63) is 54.1 Å². The van der Waals surface area contributed by atoms with Gasteiger partial charge in [0.25, 0.3) is 0 Å². The van der Waals surface area contributed by atoms with E-state index in [1.54, 1.807) is 0 Å². The molecule has 0 aliphatic carbocycles. The Kier molecular flexibility index (Phi) is 7.86. The zero-order valence-electron chi connectivity index (χ0n) is 16.8. The van der Waals surface area contributed by atoms with Crippen molar-refractivity contribution in [1.82, 2.24) is 25.5 Å². The molecule has 0 amide bonds. The Morgan fingerprint density at radius 2 is 1.79 bits per heavy atom. The summed E-state index contributed by atoms with van der Waals surface area (Å²) in [6, 6.07) is 16.3. The highest BCUT2D eigenvalue weighted by Crippen LogP contribution is 2.30.